The minimum absolute atomic E-state index is 0.107. The number of nitrogens with zero attached hydrogens (tertiary/aromatic N) is 2. The van der Waals surface area contributed by atoms with Crippen LogP contribution < -0.4 is 0 Å². The van der Waals surface area contributed by atoms with Crippen LogP contribution >= 0.6 is 0 Å². The molecule has 4 aliphatic heterocycles. The van der Waals surface area contributed by atoms with Crippen LogP contribution in [-0.2, 0) is 30.3 Å². The number of cyclic esters (lactones) is 1. The summed E-state index contributed by atoms with van der Waals surface area (Å²) in [6.45, 7) is 0.268. The van der Waals surface area contributed by atoms with Crippen molar-refractivity contribution in [1.29, 1.82) is 0 Å². The van der Waals surface area contributed by atoms with Crippen molar-refractivity contribution in [3.63, 3.8) is 0 Å². The number of amides is 2. The molecule has 1 aromatic rings. The predicted octanol–water partition coefficient (Wildman–Crippen LogP) is 2.01. The monoisotopic (exact) mass is 506 g/mol. The Morgan fingerprint density at radius 3 is 2.57 bits per heavy atom. The van der Waals surface area contributed by atoms with Crippen LogP contribution in [0.2, 0.25) is 0 Å². The van der Waals surface area contributed by atoms with Crippen LogP contribution in [0.25, 0.3) is 0 Å². The molecule has 6 atom stereocenters. The van der Waals surface area contributed by atoms with Crippen LogP contribution in [-0.4, -0.2) is 82.3 Å². The van der Waals surface area contributed by atoms with Crippen molar-refractivity contribution in [3.05, 3.63) is 60.2 Å². The quantitative estimate of drug-likeness (QED) is 0.485. The molecule has 1 spiro atoms. The van der Waals surface area contributed by atoms with Crippen LogP contribution in [0, 0.1) is 11.8 Å². The third-order valence-electron chi connectivity index (χ3n) is 8.82. The van der Waals surface area contributed by atoms with E-state index in [-0.39, 0.29) is 31.1 Å². The number of hydrogen-bond donors (Lipinski definition) is 1. The Labute approximate surface area is 216 Å². The number of likely N-dealkylation sites (tertiary alicyclic amines) is 1. The second kappa shape index (κ2) is 9.72. The van der Waals surface area contributed by atoms with Crippen molar-refractivity contribution in [2.24, 2.45) is 11.8 Å². The van der Waals surface area contributed by atoms with Gasteiger partial charge in [0, 0.05) is 12.6 Å². The third kappa shape index (κ3) is 3.92. The Morgan fingerprint density at radius 2 is 1.81 bits per heavy atom. The Kier molecular flexibility index (Phi) is 6.41. The number of fused-ring (bicyclic) bond motifs is 2. The van der Waals surface area contributed by atoms with Crippen LogP contribution in [0.5, 0.6) is 0 Å². The molecule has 2 saturated heterocycles. The number of benzene rings is 1. The fourth-order valence-corrected chi connectivity index (χ4v) is 7.18. The second-order valence-electron chi connectivity index (χ2n) is 10.9. The molecule has 1 aliphatic carbocycles. The summed E-state index contributed by atoms with van der Waals surface area (Å²) in [5, 5.41) is 10.5. The van der Waals surface area contributed by atoms with E-state index in [1.54, 1.807) is 17.1 Å². The number of rotatable bonds is 5. The average molecular weight is 507 g/mol. The van der Waals surface area contributed by atoms with Gasteiger partial charge in [0.1, 0.15) is 24.2 Å². The lowest BCUT2D eigenvalue weighted by Gasteiger charge is -2.41. The van der Waals surface area contributed by atoms with Gasteiger partial charge in [0.15, 0.2) is 0 Å². The Bertz CT molecular complexity index is 1110. The molecule has 3 fully saturated rings. The van der Waals surface area contributed by atoms with Gasteiger partial charge in [-0.2, -0.15) is 0 Å². The maximum absolute atomic E-state index is 14.4. The fourth-order valence-electron chi connectivity index (χ4n) is 7.18. The topological polar surface area (TPSA) is 96.4 Å². The normalized spacial score (nSPS) is 34.5. The molecule has 1 N–H and O–H groups in total. The van der Waals surface area contributed by atoms with E-state index in [4.69, 9.17) is 9.47 Å². The van der Waals surface area contributed by atoms with E-state index < -0.39 is 41.6 Å². The van der Waals surface area contributed by atoms with Gasteiger partial charge in [0.2, 0.25) is 11.8 Å². The van der Waals surface area contributed by atoms with Crippen molar-refractivity contribution in [2.45, 2.75) is 68.4 Å². The molecule has 1 saturated carbocycles. The molecule has 8 nitrogen and oxygen atoms in total. The number of esters is 1. The summed E-state index contributed by atoms with van der Waals surface area (Å²) in [6, 6.07) is 8.15. The number of hydrogen-bond acceptors (Lipinski definition) is 6. The molecule has 1 unspecified atom stereocenters. The molecular formula is C29H34N2O6. The van der Waals surface area contributed by atoms with Crippen molar-refractivity contribution < 1.29 is 29.0 Å². The lowest BCUT2D eigenvalue weighted by molar-refractivity contribution is -0.155. The molecule has 196 valence electrons. The molecule has 0 aromatic heterocycles. The lowest BCUT2D eigenvalue weighted by Crippen LogP contribution is -2.60. The minimum atomic E-state index is -1.29. The van der Waals surface area contributed by atoms with E-state index in [9.17, 15) is 19.5 Å². The zero-order valence-electron chi connectivity index (χ0n) is 20.9. The molecule has 2 amide bonds. The lowest BCUT2D eigenvalue weighted by atomic mass is 9.78. The van der Waals surface area contributed by atoms with E-state index >= 15 is 0 Å². The van der Waals surface area contributed by atoms with Gasteiger partial charge in [-0.05, 0) is 30.9 Å². The predicted molar refractivity (Wildman–Crippen MR) is 134 cm³/mol. The highest BCUT2D eigenvalue weighted by Crippen LogP contribution is 2.54. The van der Waals surface area contributed by atoms with Crippen molar-refractivity contribution in [1.82, 2.24) is 9.80 Å². The van der Waals surface area contributed by atoms with E-state index in [1.165, 1.54) is 6.42 Å². The van der Waals surface area contributed by atoms with Gasteiger partial charge in [-0.1, -0.05) is 67.8 Å². The smallest absolute Gasteiger partial charge is 0.313 e. The van der Waals surface area contributed by atoms with Crippen molar-refractivity contribution in [2.75, 3.05) is 19.8 Å². The molecule has 0 bridgehead atoms. The molecule has 4 heterocycles. The number of aliphatic hydroxyl groups excluding tert-OH is 1. The largest absolute Gasteiger partial charge is 0.461 e. The summed E-state index contributed by atoms with van der Waals surface area (Å²) in [6.07, 6.45) is 12.2. The third-order valence-corrected chi connectivity index (χ3v) is 8.82. The SMILES string of the molecule is O=C1OCC=C[C@H]2O[C@]34C=CCN(C5CCCCC5)C(=O)C3N([C@@H](CO)Cc3ccccc3)C(=O)[C@@H]4[C@@H]12. The first-order valence-electron chi connectivity index (χ1n) is 13.5. The second-order valence-corrected chi connectivity index (χ2v) is 10.9. The van der Waals surface area contributed by atoms with E-state index in [1.807, 2.05) is 47.4 Å². The van der Waals surface area contributed by atoms with Gasteiger partial charge in [-0.25, -0.2) is 0 Å². The highest BCUT2D eigenvalue weighted by Gasteiger charge is 2.72. The Hall–Kier alpha value is -2.97. The first kappa shape index (κ1) is 24.4. The molecular weight excluding hydrogens is 472 g/mol. The highest BCUT2D eigenvalue weighted by molar-refractivity contribution is 5.99. The number of aliphatic hydroxyl groups is 1. The highest BCUT2D eigenvalue weighted by atomic mass is 16.6. The van der Waals surface area contributed by atoms with Crippen LogP contribution in [0.1, 0.15) is 37.7 Å². The van der Waals surface area contributed by atoms with Gasteiger partial charge in [-0.3, -0.25) is 14.4 Å². The zero-order valence-corrected chi connectivity index (χ0v) is 20.9. The number of carbonyl (C=O) groups is 3. The van der Waals surface area contributed by atoms with Gasteiger partial charge in [-0.15, -0.1) is 0 Å². The molecule has 6 rings (SSSR count). The van der Waals surface area contributed by atoms with E-state index in [0.717, 1.165) is 31.2 Å². The number of ether oxygens (including phenoxy) is 2. The summed E-state index contributed by atoms with van der Waals surface area (Å²) in [5.74, 6) is -2.71. The first-order chi connectivity index (χ1) is 18.0. The van der Waals surface area contributed by atoms with Crippen LogP contribution in [0.15, 0.2) is 54.6 Å². The van der Waals surface area contributed by atoms with Crippen LogP contribution in [0.3, 0.4) is 0 Å². The minimum Gasteiger partial charge on any atom is -0.461 e. The van der Waals surface area contributed by atoms with E-state index in [0.29, 0.717) is 13.0 Å². The Morgan fingerprint density at radius 1 is 1.03 bits per heavy atom. The van der Waals surface area contributed by atoms with Gasteiger partial charge in [0.05, 0.1) is 24.7 Å². The summed E-state index contributed by atoms with van der Waals surface area (Å²) >= 11 is 0. The molecule has 5 aliphatic rings. The molecule has 37 heavy (non-hydrogen) atoms. The molecule has 0 radical (unpaired) electrons. The average Bonchev–Trinajstić information content (AvgIpc) is 3.23. The maximum Gasteiger partial charge on any atom is 0.313 e. The summed E-state index contributed by atoms with van der Waals surface area (Å²) in [7, 11) is 0. The van der Waals surface area contributed by atoms with Gasteiger partial charge in [0.25, 0.3) is 0 Å². The Balaban J connectivity index is 1.44. The number of carbonyl (C=O) groups excluding carboxylic acids is 3. The maximum atomic E-state index is 14.4. The summed E-state index contributed by atoms with van der Waals surface area (Å²) in [5.41, 5.74) is -0.339. The standard InChI is InChI=1S/C29H34N2O6/c32-18-21(17-19-9-3-1-4-10-19)31-25-27(34)30(20-11-5-2-6-12-20)15-8-14-29(25)24(26(31)33)23-22(37-29)13-7-16-36-28(23)35/h1,3-4,7-10,13-14,20-25,32H,2,5-6,11-12,15-18H2/t21-,22-,23+,24+,25?,29+/m1/s1. The zero-order chi connectivity index (χ0) is 25.6. The van der Waals surface area contributed by atoms with E-state index in [2.05, 4.69) is 0 Å². The first-order valence-corrected chi connectivity index (χ1v) is 13.5. The van der Waals surface area contributed by atoms with Crippen molar-refractivity contribution in [3.8, 4) is 0 Å². The summed E-state index contributed by atoms with van der Waals surface area (Å²) in [4.78, 5) is 45.3. The fraction of sp³-hybridized carbons (Fsp3) is 0.552. The van der Waals surface area contributed by atoms with Crippen molar-refractivity contribution >= 4 is 17.8 Å². The molecule has 1 aromatic carbocycles. The molecule has 8 heteroatoms. The van der Waals surface area contributed by atoms with Crippen LogP contribution in [0.4, 0.5) is 0 Å². The summed E-state index contributed by atoms with van der Waals surface area (Å²) < 4.78 is 12.0. The van der Waals surface area contributed by atoms with Gasteiger partial charge >= 0.3 is 5.97 Å². The van der Waals surface area contributed by atoms with Gasteiger partial charge < -0.3 is 24.4 Å².